The Morgan fingerprint density at radius 2 is 1.96 bits per heavy atom. The fourth-order valence-corrected chi connectivity index (χ4v) is 4.27. The number of amides is 1. The van der Waals surface area contributed by atoms with E-state index in [0.29, 0.717) is 17.7 Å². The predicted octanol–water partition coefficient (Wildman–Crippen LogP) is 2.03. The lowest BCUT2D eigenvalue weighted by Gasteiger charge is -2.25. The maximum Gasteiger partial charge on any atom is 0.289 e. The number of aryl methyl sites for hydroxylation is 1. The van der Waals surface area contributed by atoms with E-state index in [1.807, 2.05) is 18.4 Å². The van der Waals surface area contributed by atoms with Gasteiger partial charge in [0.2, 0.25) is 5.82 Å². The Hall–Kier alpha value is -2.21. The Labute approximate surface area is 154 Å². The average molecular weight is 353 g/mol. The summed E-state index contributed by atoms with van der Waals surface area (Å²) >= 11 is 0. The second-order valence-corrected chi connectivity index (χ2v) is 8.02. The summed E-state index contributed by atoms with van der Waals surface area (Å²) in [5, 5.41) is 11.4. The van der Waals surface area contributed by atoms with Crippen LogP contribution in [0.15, 0.2) is 24.3 Å². The van der Waals surface area contributed by atoms with Gasteiger partial charge in [-0.3, -0.25) is 9.69 Å². The standard InChI is InChI=1S/C20H27N5O/c1-13(2)21-20(26)19-23-22-18-8-16-10-24(11-17(16)12-25(18)19)9-15-7-5-4-6-14(15)3/h4-7,13,16-17H,8-12H2,1-3H3,(H,21,26)/t16-,17+/m1/s1. The molecule has 0 aliphatic carbocycles. The largest absolute Gasteiger partial charge is 0.347 e. The summed E-state index contributed by atoms with van der Waals surface area (Å²) < 4.78 is 2.04. The first kappa shape index (κ1) is 17.2. The monoisotopic (exact) mass is 353 g/mol. The van der Waals surface area contributed by atoms with Crippen LogP contribution in [-0.4, -0.2) is 44.7 Å². The number of rotatable bonds is 4. The molecule has 0 radical (unpaired) electrons. The van der Waals surface area contributed by atoms with Crippen LogP contribution in [0.4, 0.5) is 0 Å². The minimum atomic E-state index is -0.119. The van der Waals surface area contributed by atoms with Crippen LogP contribution in [0.2, 0.25) is 0 Å². The van der Waals surface area contributed by atoms with Crippen molar-refractivity contribution < 1.29 is 4.79 Å². The number of carbonyl (C=O) groups excluding carboxylic acids is 1. The molecule has 2 aliphatic rings. The number of nitrogens with one attached hydrogen (secondary N) is 1. The average Bonchev–Trinajstić information content (AvgIpc) is 3.16. The van der Waals surface area contributed by atoms with Crippen molar-refractivity contribution in [2.24, 2.45) is 11.8 Å². The van der Waals surface area contributed by atoms with Crippen molar-refractivity contribution in [3.63, 3.8) is 0 Å². The number of likely N-dealkylation sites (tertiary alicyclic amines) is 1. The maximum absolute atomic E-state index is 12.4. The first-order valence-electron chi connectivity index (χ1n) is 9.51. The summed E-state index contributed by atoms with van der Waals surface area (Å²) in [4.78, 5) is 14.9. The SMILES string of the molecule is Cc1ccccc1CN1C[C@H]2Cc3nnc(C(=O)NC(C)C)n3C[C@@H]2C1. The Morgan fingerprint density at radius 1 is 1.19 bits per heavy atom. The topological polar surface area (TPSA) is 63.1 Å². The molecule has 0 unspecified atom stereocenters. The lowest BCUT2D eigenvalue weighted by Crippen LogP contribution is -2.35. The number of fused-ring (bicyclic) bond motifs is 2. The van der Waals surface area contributed by atoms with Crippen LogP contribution in [0, 0.1) is 18.8 Å². The second-order valence-electron chi connectivity index (χ2n) is 8.02. The van der Waals surface area contributed by atoms with E-state index in [9.17, 15) is 4.79 Å². The van der Waals surface area contributed by atoms with E-state index in [1.54, 1.807) is 0 Å². The number of aromatic nitrogens is 3. The number of nitrogens with zero attached hydrogens (tertiary/aromatic N) is 4. The van der Waals surface area contributed by atoms with Gasteiger partial charge in [-0.05, 0) is 43.7 Å². The molecule has 0 saturated carbocycles. The number of carbonyl (C=O) groups is 1. The minimum absolute atomic E-state index is 0.0999. The summed E-state index contributed by atoms with van der Waals surface area (Å²) in [6.07, 6.45) is 0.914. The molecule has 6 nitrogen and oxygen atoms in total. The third-order valence-corrected chi connectivity index (χ3v) is 5.62. The van der Waals surface area contributed by atoms with Gasteiger partial charge < -0.3 is 9.88 Å². The van der Waals surface area contributed by atoms with Gasteiger partial charge in [-0.2, -0.15) is 0 Å². The van der Waals surface area contributed by atoms with Gasteiger partial charge in [0.1, 0.15) is 5.82 Å². The van der Waals surface area contributed by atoms with E-state index in [-0.39, 0.29) is 11.9 Å². The molecule has 1 aromatic carbocycles. The van der Waals surface area contributed by atoms with Gasteiger partial charge >= 0.3 is 0 Å². The Bertz CT molecular complexity index is 812. The number of hydrogen-bond donors (Lipinski definition) is 1. The van der Waals surface area contributed by atoms with E-state index in [0.717, 1.165) is 38.4 Å². The summed E-state index contributed by atoms with van der Waals surface area (Å²) in [6, 6.07) is 8.72. The van der Waals surface area contributed by atoms with Crippen LogP contribution in [0.3, 0.4) is 0 Å². The first-order valence-corrected chi connectivity index (χ1v) is 9.51. The van der Waals surface area contributed by atoms with Crippen molar-refractivity contribution in [2.45, 2.75) is 46.3 Å². The molecule has 138 valence electrons. The van der Waals surface area contributed by atoms with Crippen LogP contribution in [0.25, 0.3) is 0 Å². The molecular formula is C20H27N5O. The van der Waals surface area contributed by atoms with Crippen molar-refractivity contribution >= 4 is 5.91 Å². The highest BCUT2D eigenvalue weighted by Crippen LogP contribution is 2.33. The van der Waals surface area contributed by atoms with Gasteiger partial charge in [0.15, 0.2) is 0 Å². The molecule has 2 aromatic rings. The molecule has 1 amide bonds. The van der Waals surface area contributed by atoms with Crippen molar-refractivity contribution in [2.75, 3.05) is 13.1 Å². The van der Waals surface area contributed by atoms with Crippen molar-refractivity contribution in [3.05, 3.63) is 47.0 Å². The fourth-order valence-electron chi connectivity index (χ4n) is 4.27. The van der Waals surface area contributed by atoms with E-state index in [1.165, 1.54) is 11.1 Å². The molecule has 4 rings (SSSR count). The lowest BCUT2D eigenvalue weighted by molar-refractivity contribution is 0.0924. The van der Waals surface area contributed by atoms with E-state index in [2.05, 4.69) is 51.6 Å². The van der Waals surface area contributed by atoms with Gasteiger partial charge in [-0.15, -0.1) is 10.2 Å². The number of hydrogen-bond acceptors (Lipinski definition) is 4. The lowest BCUT2D eigenvalue weighted by atomic mass is 9.89. The maximum atomic E-state index is 12.4. The van der Waals surface area contributed by atoms with Crippen molar-refractivity contribution in [3.8, 4) is 0 Å². The zero-order valence-electron chi connectivity index (χ0n) is 15.8. The molecule has 2 aliphatic heterocycles. The molecule has 1 saturated heterocycles. The van der Waals surface area contributed by atoms with Crippen molar-refractivity contribution in [1.29, 1.82) is 0 Å². The first-order chi connectivity index (χ1) is 12.5. The molecule has 1 aromatic heterocycles. The molecule has 6 heteroatoms. The Balaban J connectivity index is 1.46. The molecule has 0 bridgehead atoms. The van der Waals surface area contributed by atoms with Crippen molar-refractivity contribution in [1.82, 2.24) is 25.0 Å². The summed E-state index contributed by atoms with van der Waals surface area (Å²) in [5.41, 5.74) is 2.76. The van der Waals surface area contributed by atoms with Gasteiger partial charge in [0.05, 0.1) is 0 Å². The second kappa shape index (κ2) is 6.83. The van der Waals surface area contributed by atoms with E-state index < -0.39 is 0 Å². The van der Waals surface area contributed by atoms with Gasteiger partial charge in [-0.25, -0.2) is 0 Å². The predicted molar refractivity (Wildman–Crippen MR) is 99.8 cm³/mol. The van der Waals surface area contributed by atoms with E-state index >= 15 is 0 Å². The van der Waals surface area contributed by atoms with Crippen LogP contribution in [0.1, 0.15) is 41.4 Å². The smallest absolute Gasteiger partial charge is 0.289 e. The molecule has 1 N–H and O–H groups in total. The molecular weight excluding hydrogens is 326 g/mol. The Morgan fingerprint density at radius 3 is 2.73 bits per heavy atom. The third-order valence-electron chi connectivity index (χ3n) is 5.62. The fraction of sp³-hybridized carbons (Fsp3) is 0.550. The molecule has 0 spiro atoms. The van der Waals surface area contributed by atoms with Crippen LogP contribution >= 0.6 is 0 Å². The third kappa shape index (κ3) is 3.26. The van der Waals surface area contributed by atoms with Gasteiger partial charge in [-0.1, -0.05) is 24.3 Å². The molecule has 26 heavy (non-hydrogen) atoms. The van der Waals surface area contributed by atoms with Gasteiger partial charge in [0, 0.05) is 38.6 Å². The Kier molecular flexibility index (Phi) is 4.53. The highest BCUT2D eigenvalue weighted by atomic mass is 16.2. The number of benzene rings is 1. The van der Waals surface area contributed by atoms with Crippen LogP contribution in [-0.2, 0) is 19.5 Å². The minimum Gasteiger partial charge on any atom is -0.347 e. The highest BCUT2D eigenvalue weighted by Gasteiger charge is 2.39. The normalized spacial score (nSPS) is 22.3. The van der Waals surface area contributed by atoms with Crippen LogP contribution in [0.5, 0.6) is 0 Å². The van der Waals surface area contributed by atoms with E-state index in [4.69, 9.17) is 0 Å². The zero-order chi connectivity index (χ0) is 18.3. The van der Waals surface area contributed by atoms with Gasteiger partial charge in [0.25, 0.3) is 5.91 Å². The molecule has 3 heterocycles. The summed E-state index contributed by atoms with van der Waals surface area (Å²) in [6.45, 7) is 10.1. The molecule has 2 atom stereocenters. The zero-order valence-corrected chi connectivity index (χ0v) is 15.8. The summed E-state index contributed by atoms with van der Waals surface area (Å²) in [5.74, 6) is 2.47. The summed E-state index contributed by atoms with van der Waals surface area (Å²) in [7, 11) is 0. The highest BCUT2D eigenvalue weighted by molar-refractivity contribution is 5.90. The van der Waals surface area contributed by atoms with Crippen LogP contribution < -0.4 is 5.32 Å². The quantitative estimate of drug-likeness (QED) is 0.914. The molecule has 1 fully saturated rings.